The van der Waals surface area contributed by atoms with Gasteiger partial charge in [0.15, 0.2) is 0 Å². The van der Waals surface area contributed by atoms with Crippen LogP contribution >= 0.6 is 11.3 Å². The van der Waals surface area contributed by atoms with Crippen molar-refractivity contribution in [2.45, 2.75) is 33.1 Å². The first-order valence-electron chi connectivity index (χ1n) is 7.39. The van der Waals surface area contributed by atoms with Crippen LogP contribution in [0.25, 0.3) is 10.2 Å². The molecule has 1 saturated heterocycles. The summed E-state index contributed by atoms with van der Waals surface area (Å²) in [5.74, 6) is 1.64. The van der Waals surface area contributed by atoms with Crippen LogP contribution in [0, 0.1) is 12.8 Å². The standard InChI is InChI=1S/C15H20N4OS/c1-3-11-8-12-14(17-9(2)18-15(12)21-11)19-6-4-10(5-7-19)13(16)20/h8,10H,3-7H2,1-2H3,(H2,16,20). The van der Waals surface area contributed by atoms with Crippen LogP contribution in [0.15, 0.2) is 6.07 Å². The first-order valence-corrected chi connectivity index (χ1v) is 8.21. The summed E-state index contributed by atoms with van der Waals surface area (Å²) in [6.07, 6.45) is 2.64. The number of aryl methyl sites for hydroxylation is 2. The number of primary amides is 1. The van der Waals surface area contributed by atoms with Gasteiger partial charge in [-0.25, -0.2) is 9.97 Å². The van der Waals surface area contributed by atoms with E-state index >= 15 is 0 Å². The molecule has 1 aliphatic heterocycles. The van der Waals surface area contributed by atoms with Crippen LogP contribution in [0.3, 0.4) is 0 Å². The molecule has 1 aliphatic rings. The highest BCUT2D eigenvalue weighted by molar-refractivity contribution is 7.18. The third kappa shape index (κ3) is 2.72. The molecule has 0 aromatic carbocycles. The van der Waals surface area contributed by atoms with Gasteiger partial charge >= 0.3 is 0 Å². The zero-order valence-electron chi connectivity index (χ0n) is 12.4. The molecular weight excluding hydrogens is 284 g/mol. The van der Waals surface area contributed by atoms with E-state index in [9.17, 15) is 4.79 Å². The molecule has 21 heavy (non-hydrogen) atoms. The highest BCUT2D eigenvalue weighted by Crippen LogP contribution is 2.33. The fraction of sp³-hybridized carbons (Fsp3) is 0.533. The van der Waals surface area contributed by atoms with Gasteiger partial charge in [0.05, 0.1) is 5.39 Å². The number of nitrogens with two attached hydrogens (primary N) is 1. The van der Waals surface area contributed by atoms with Gasteiger partial charge in [-0.3, -0.25) is 4.79 Å². The van der Waals surface area contributed by atoms with Crippen LogP contribution in [0.4, 0.5) is 5.82 Å². The Balaban J connectivity index is 1.93. The lowest BCUT2D eigenvalue weighted by Gasteiger charge is -2.31. The van der Waals surface area contributed by atoms with E-state index in [4.69, 9.17) is 5.73 Å². The molecule has 0 spiro atoms. The van der Waals surface area contributed by atoms with Gasteiger partial charge in [0.2, 0.25) is 5.91 Å². The number of amides is 1. The lowest BCUT2D eigenvalue weighted by molar-refractivity contribution is -0.122. The minimum atomic E-state index is -0.178. The number of anilines is 1. The van der Waals surface area contributed by atoms with Crippen LogP contribution in [-0.2, 0) is 11.2 Å². The maximum absolute atomic E-state index is 11.3. The van der Waals surface area contributed by atoms with E-state index in [1.807, 2.05) is 6.92 Å². The topological polar surface area (TPSA) is 72.1 Å². The lowest BCUT2D eigenvalue weighted by atomic mass is 9.96. The van der Waals surface area contributed by atoms with E-state index in [1.165, 1.54) is 4.88 Å². The molecule has 0 saturated carbocycles. The molecule has 112 valence electrons. The quantitative estimate of drug-likeness (QED) is 0.944. The summed E-state index contributed by atoms with van der Waals surface area (Å²) >= 11 is 1.74. The SMILES string of the molecule is CCc1cc2c(N3CCC(C(N)=O)CC3)nc(C)nc2s1. The summed E-state index contributed by atoms with van der Waals surface area (Å²) in [5, 5.41) is 1.14. The Kier molecular flexibility index (Phi) is 3.80. The minimum Gasteiger partial charge on any atom is -0.369 e. The van der Waals surface area contributed by atoms with E-state index in [2.05, 4.69) is 27.9 Å². The van der Waals surface area contributed by atoms with Gasteiger partial charge in [0.25, 0.3) is 0 Å². The fourth-order valence-corrected chi connectivity index (χ4v) is 3.86. The van der Waals surface area contributed by atoms with Gasteiger partial charge < -0.3 is 10.6 Å². The summed E-state index contributed by atoms with van der Waals surface area (Å²) < 4.78 is 0. The molecule has 0 aliphatic carbocycles. The third-order valence-electron chi connectivity index (χ3n) is 4.08. The average molecular weight is 304 g/mol. The van der Waals surface area contributed by atoms with E-state index in [-0.39, 0.29) is 11.8 Å². The monoisotopic (exact) mass is 304 g/mol. The Morgan fingerprint density at radius 1 is 1.43 bits per heavy atom. The van der Waals surface area contributed by atoms with Crippen molar-refractivity contribution in [1.29, 1.82) is 0 Å². The van der Waals surface area contributed by atoms with Crippen LogP contribution in [0.5, 0.6) is 0 Å². The smallest absolute Gasteiger partial charge is 0.220 e. The van der Waals surface area contributed by atoms with Gasteiger partial charge in [-0.2, -0.15) is 0 Å². The number of hydrogen-bond donors (Lipinski definition) is 1. The molecule has 1 fully saturated rings. The highest BCUT2D eigenvalue weighted by Gasteiger charge is 2.25. The van der Waals surface area contributed by atoms with E-state index < -0.39 is 0 Å². The average Bonchev–Trinajstić information content (AvgIpc) is 2.89. The van der Waals surface area contributed by atoms with E-state index in [0.29, 0.717) is 0 Å². The van der Waals surface area contributed by atoms with Crippen molar-refractivity contribution in [2.24, 2.45) is 11.7 Å². The van der Waals surface area contributed by atoms with Crippen molar-refractivity contribution in [3.63, 3.8) is 0 Å². The number of hydrogen-bond acceptors (Lipinski definition) is 5. The number of aromatic nitrogens is 2. The number of rotatable bonds is 3. The molecule has 2 N–H and O–H groups in total. The van der Waals surface area contributed by atoms with Gasteiger partial charge in [0.1, 0.15) is 16.5 Å². The predicted molar refractivity (Wildman–Crippen MR) is 85.7 cm³/mol. The molecule has 0 bridgehead atoms. The molecule has 0 atom stereocenters. The Morgan fingerprint density at radius 2 is 2.14 bits per heavy atom. The third-order valence-corrected chi connectivity index (χ3v) is 5.25. The normalized spacial score (nSPS) is 16.6. The molecule has 0 radical (unpaired) electrons. The Bertz CT molecular complexity index is 674. The van der Waals surface area contributed by atoms with Gasteiger partial charge in [-0.15, -0.1) is 11.3 Å². The van der Waals surface area contributed by atoms with E-state index in [1.54, 1.807) is 11.3 Å². The van der Waals surface area contributed by atoms with Crippen molar-refractivity contribution in [2.75, 3.05) is 18.0 Å². The maximum atomic E-state index is 11.3. The maximum Gasteiger partial charge on any atom is 0.220 e. The summed E-state index contributed by atoms with van der Waals surface area (Å²) in [6.45, 7) is 5.75. The predicted octanol–water partition coefficient (Wildman–Crippen LogP) is 2.26. The fourth-order valence-electron chi connectivity index (χ4n) is 2.85. The zero-order chi connectivity index (χ0) is 15.0. The second-order valence-electron chi connectivity index (χ2n) is 5.54. The summed E-state index contributed by atoms with van der Waals surface area (Å²) in [4.78, 5) is 25.1. The second kappa shape index (κ2) is 5.60. The molecule has 1 amide bonds. The van der Waals surface area contributed by atoms with Crippen molar-refractivity contribution in [1.82, 2.24) is 9.97 Å². The molecule has 6 heteroatoms. The second-order valence-corrected chi connectivity index (χ2v) is 6.66. The number of nitrogens with zero attached hydrogens (tertiary/aromatic N) is 3. The number of carbonyl (C=O) groups excluding carboxylic acids is 1. The van der Waals surface area contributed by atoms with Crippen molar-refractivity contribution in [3.05, 3.63) is 16.8 Å². The number of thiophene rings is 1. The molecule has 5 nitrogen and oxygen atoms in total. The number of carbonyl (C=O) groups is 1. The van der Waals surface area contributed by atoms with Crippen LogP contribution < -0.4 is 10.6 Å². The van der Waals surface area contributed by atoms with Crippen LogP contribution in [-0.4, -0.2) is 29.0 Å². The first kappa shape index (κ1) is 14.3. The van der Waals surface area contributed by atoms with Crippen molar-refractivity contribution >= 4 is 33.3 Å². The van der Waals surface area contributed by atoms with Crippen molar-refractivity contribution < 1.29 is 4.79 Å². The molecule has 2 aromatic rings. The summed E-state index contributed by atoms with van der Waals surface area (Å²) in [5.41, 5.74) is 5.41. The van der Waals surface area contributed by atoms with Gasteiger partial charge in [-0.05, 0) is 32.3 Å². The number of fused-ring (bicyclic) bond motifs is 1. The molecule has 2 aromatic heterocycles. The highest BCUT2D eigenvalue weighted by atomic mass is 32.1. The molecule has 0 unspecified atom stereocenters. The molecule has 3 rings (SSSR count). The number of piperidine rings is 1. The zero-order valence-corrected chi connectivity index (χ0v) is 13.2. The Morgan fingerprint density at radius 3 is 2.76 bits per heavy atom. The molecular formula is C15H20N4OS. The van der Waals surface area contributed by atoms with Gasteiger partial charge in [0, 0.05) is 23.9 Å². The van der Waals surface area contributed by atoms with Crippen molar-refractivity contribution in [3.8, 4) is 0 Å². The van der Waals surface area contributed by atoms with Crippen LogP contribution in [0.2, 0.25) is 0 Å². The first-order chi connectivity index (χ1) is 10.1. The Hall–Kier alpha value is -1.69. The summed E-state index contributed by atoms with van der Waals surface area (Å²) in [6, 6.07) is 2.20. The van der Waals surface area contributed by atoms with Gasteiger partial charge in [-0.1, -0.05) is 6.92 Å². The lowest BCUT2D eigenvalue weighted by Crippen LogP contribution is -2.39. The summed E-state index contributed by atoms with van der Waals surface area (Å²) in [7, 11) is 0. The molecule has 3 heterocycles. The van der Waals surface area contributed by atoms with Crippen LogP contribution in [0.1, 0.15) is 30.5 Å². The largest absolute Gasteiger partial charge is 0.369 e. The minimum absolute atomic E-state index is 0.00773. The van der Waals surface area contributed by atoms with E-state index in [0.717, 1.165) is 54.2 Å². The Labute approximate surface area is 128 Å².